The maximum atomic E-state index is 13.7. The third-order valence-corrected chi connectivity index (χ3v) is 8.19. The molecule has 0 aliphatic carbocycles. The van der Waals surface area contributed by atoms with Gasteiger partial charge in [-0.1, -0.05) is 48.5 Å². The second-order valence-electron chi connectivity index (χ2n) is 9.66. The van der Waals surface area contributed by atoms with Crippen molar-refractivity contribution in [2.24, 2.45) is 0 Å². The second-order valence-corrected chi connectivity index (χ2v) is 12.0. The van der Waals surface area contributed by atoms with Crippen molar-refractivity contribution in [3.63, 3.8) is 0 Å². The van der Waals surface area contributed by atoms with Gasteiger partial charge >= 0.3 is 6.03 Å². The van der Waals surface area contributed by atoms with Crippen LogP contribution in [0.2, 0.25) is 0 Å². The molecule has 2 amide bonds. The minimum Gasteiger partial charge on any atom is -0.386 e. The highest BCUT2D eigenvalue weighted by atomic mass is 32.2. The zero-order valence-corrected chi connectivity index (χ0v) is 21.2. The number of rotatable bonds is 7. The summed E-state index contributed by atoms with van der Waals surface area (Å²) in [6.45, 7) is 6.86. The first kappa shape index (κ1) is 25.0. The van der Waals surface area contributed by atoms with Gasteiger partial charge in [0, 0.05) is 44.5 Å². The molecule has 1 aliphatic heterocycles. The minimum atomic E-state index is -2.67. The fourth-order valence-electron chi connectivity index (χ4n) is 4.34. The lowest BCUT2D eigenvalue weighted by Crippen LogP contribution is -2.32. The standard InChI is InChI=1S/C28H33N3O3S/c1-19(21-8-6-5-7-9-21)30-27(32)31-26-13-12-24(15-25(26)28(2,3)33)35(4,34)18-20-10-11-22-16-29-17-23(22)14-20/h5-15,19,29,33H,4,16-18H2,1-3H3,(H2,30,31,32). The van der Waals surface area contributed by atoms with Gasteiger partial charge in [0.05, 0.1) is 11.6 Å². The van der Waals surface area contributed by atoms with Crippen LogP contribution >= 0.6 is 0 Å². The molecule has 0 saturated heterocycles. The Morgan fingerprint density at radius 2 is 1.80 bits per heavy atom. The van der Waals surface area contributed by atoms with Crippen molar-refractivity contribution in [2.45, 2.75) is 56.2 Å². The maximum Gasteiger partial charge on any atom is 0.319 e. The fourth-order valence-corrected chi connectivity index (χ4v) is 5.87. The van der Waals surface area contributed by atoms with Gasteiger partial charge in [-0.3, -0.25) is 4.21 Å². The predicted molar refractivity (Wildman–Crippen MR) is 143 cm³/mol. The number of fused-ring (bicyclic) bond motifs is 1. The Morgan fingerprint density at radius 3 is 2.51 bits per heavy atom. The molecule has 0 spiro atoms. The lowest BCUT2D eigenvalue weighted by molar-refractivity contribution is 0.0791. The van der Waals surface area contributed by atoms with E-state index in [1.165, 1.54) is 11.1 Å². The molecule has 6 nitrogen and oxygen atoms in total. The fraction of sp³-hybridized carbons (Fsp3) is 0.286. The highest BCUT2D eigenvalue weighted by Gasteiger charge is 2.24. The first-order valence-electron chi connectivity index (χ1n) is 11.7. The second kappa shape index (κ2) is 9.85. The van der Waals surface area contributed by atoms with Crippen molar-refractivity contribution >= 4 is 27.1 Å². The van der Waals surface area contributed by atoms with Crippen LogP contribution in [0, 0.1) is 0 Å². The minimum absolute atomic E-state index is 0.192. The van der Waals surface area contributed by atoms with E-state index in [0.717, 1.165) is 24.2 Å². The van der Waals surface area contributed by atoms with E-state index in [0.29, 0.717) is 21.9 Å². The van der Waals surface area contributed by atoms with Gasteiger partial charge in [-0.15, -0.1) is 0 Å². The molecule has 3 aromatic rings. The zero-order valence-electron chi connectivity index (χ0n) is 20.4. The first-order valence-corrected chi connectivity index (χ1v) is 13.6. The third kappa shape index (κ3) is 5.93. The monoisotopic (exact) mass is 491 g/mol. The van der Waals surface area contributed by atoms with Crippen LogP contribution in [0.3, 0.4) is 0 Å². The molecule has 0 bridgehead atoms. The summed E-state index contributed by atoms with van der Waals surface area (Å²) >= 11 is 0. The Kier molecular flexibility index (Phi) is 7.03. The number of benzene rings is 3. The molecule has 2 atom stereocenters. The number of nitrogens with one attached hydrogen (secondary N) is 3. The number of hydrogen-bond donors (Lipinski definition) is 4. The van der Waals surface area contributed by atoms with Crippen LogP contribution in [-0.2, 0) is 34.0 Å². The quantitative estimate of drug-likeness (QED) is 0.362. The van der Waals surface area contributed by atoms with E-state index in [2.05, 4.69) is 34.0 Å². The molecule has 0 aromatic heterocycles. The van der Waals surface area contributed by atoms with E-state index < -0.39 is 15.1 Å². The third-order valence-electron chi connectivity index (χ3n) is 6.28. The molecule has 1 aliphatic rings. The Hall–Kier alpha value is -3.13. The molecule has 2 unspecified atom stereocenters. The van der Waals surface area contributed by atoms with Gasteiger partial charge in [-0.05, 0) is 67.1 Å². The normalized spacial score (nSPS) is 15.7. The van der Waals surface area contributed by atoms with E-state index in [9.17, 15) is 14.1 Å². The lowest BCUT2D eigenvalue weighted by atomic mass is 9.96. The number of aliphatic hydroxyl groups is 1. The summed E-state index contributed by atoms with van der Waals surface area (Å²) in [6, 6.07) is 20.4. The van der Waals surface area contributed by atoms with Gasteiger partial charge in [-0.2, -0.15) is 0 Å². The van der Waals surface area contributed by atoms with Crippen molar-refractivity contribution in [1.82, 2.24) is 10.6 Å². The van der Waals surface area contributed by atoms with Crippen LogP contribution in [0.4, 0.5) is 10.5 Å². The first-order chi connectivity index (χ1) is 16.5. The van der Waals surface area contributed by atoms with Crippen molar-refractivity contribution < 1.29 is 14.1 Å². The molecular weight excluding hydrogens is 458 g/mol. The molecule has 7 heteroatoms. The zero-order chi connectivity index (χ0) is 25.2. The van der Waals surface area contributed by atoms with Gasteiger partial charge in [0.1, 0.15) is 0 Å². The molecule has 184 valence electrons. The smallest absolute Gasteiger partial charge is 0.319 e. The number of urea groups is 1. The van der Waals surface area contributed by atoms with Crippen LogP contribution in [0.25, 0.3) is 0 Å². The Balaban J connectivity index is 1.55. The molecule has 35 heavy (non-hydrogen) atoms. The summed E-state index contributed by atoms with van der Waals surface area (Å²) in [7, 11) is -2.67. The van der Waals surface area contributed by atoms with Crippen molar-refractivity contribution in [1.29, 1.82) is 0 Å². The average Bonchev–Trinajstić information content (AvgIpc) is 3.26. The molecule has 4 N–H and O–H groups in total. The van der Waals surface area contributed by atoms with Gasteiger partial charge in [-0.25, -0.2) is 4.79 Å². The van der Waals surface area contributed by atoms with E-state index in [-0.39, 0.29) is 12.1 Å². The van der Waals surface area contributed by atoms with E-state index in [4.69, 9.17) is 0 Å². The maximum absolute atomic E-state index is 13.7. The highest BCUT2D eigenvalue weighted by molar-refractivity contribution is 7.99. The summed E-state index contributed by atoms with van der Waals surface area (Å²) in [4.78, 5) is 13.3. The Labute approximate surface area is 207 Å². The number of carbonyl (C=O) groups excluding carboxylic acids is 1. The van der Waals surface area contributed by atoms with Crippen LogP contribution in [-0.4, -0.2) is 21.2 Å². The summed E-state index contributed by atoms with van der Waals surface area (Å²) in [5.41, 5.74) is 4.12. The molecule has 3 aromatic carbocycles. The predicted octanol–water partition coefficient (Wildman–Crippen LogP) is 4.68. The van der Waals surface area contributed by atoms with Crippen LogP contribution < -0.4 is 16.0 Å². The Bertz CT molecular complexity index is 1330. The van der Waals surface area contributed by atoms with Crippen LogP contribution in [0.5, 0.6) is 0 Å². The summed E-state index contributed by atoms with van der Waals surface area (Å²) < 4.78 is 13.7. The largest absolute Gasteiger partial charge is 0.386 e. The highest BCUT2D eigenvalue weighted by Crippen LogP contribution is 2.32. The van der Waals surface area contributed by atoms with Crippen molar-refractivity contribution in [3.8, 4) is 0 Å². The average molecular weight is 492 g/mol. The Morgan fingerprint density at radius 1 is 1.09 bits per heavy atom. The molecule has 0 saturated carbocycles. The summed E-state index contributed by atoms with van der Waals surface area (Å²) in [5, 5.41) is 19.9. The van der Waals surface area contributed by atoms with Crippen LogP contribution in [0.1, 0.15) is 54.6 Å². The number of hydrogen-bond acceptors (Lipinski definition) is 4. The molecule has 0 fully saturated rings. The van der Waals surface area contributed by atoms with E-state index in [1.807, 2.05) is 43.3 Å². The summed E-state index contributed by atoms with van der Waals surface area (Å²) in [6.07, 6.45) is 0. The van der Waals surface area contributed by atoms with E-state index >= 15 is 0 Å². The van der Waals surface area contributed by atoms with E-state index in [1.54, 1.807) is 32.0 Å². The molecular formula is C28H33N3O3S. The van der Waals surface area contributed by atoms with Crippen LogP contribution in [0.15, 0.2) is 71.6 Å². The molecule has 0 radical (unpaired) electrons. The van der Waals surface area contributed by atoms with Gasteiger partial charge < -0.3 is 21.1 Å². The lowest BCUT2D eigenvalue weighted by Gasteiger charge is -2.24. The van der Waals surface area contributed by atoms with Crippen molar-refractivity contribution in [2.75, 3.05) is 5.32 Å². The number of carbonyl (C=O) groups is 1. The number of amides is 2. The molecule has 4 rings (SSSR count). The topological polar surface area (TPSA) is 90.5 Å². The number of anilines is 1. The van der Waals surface area contributed by atoms with Gasteiger partial charge in [0.25, 0.3) is 0 Å². The van der Waals surface area contributed by atoms with Gasteiger partial charge in [0.15, 0.2) is 0 Å². The van der Waals surface area contributed by atoms with Crippen molar-refractivity contribution in [3.05, 3.63) is 94.5 Å². The van der Waals surface area contributed by atoms with Gasteiger partial charge in [0.2, 0.25) is 0 Å². The summed E-state index contributed by atoms with van der Waals surface area (Å²) in [5.74, 6) is 4.35. The molecule has 1 heterocycles. The SMILES string of the molecule is C=S(=O)(Cc1ccc2c(c1)CNC2)c1ccc(NC(=O)NC(C)c2ccccc2)c(C(C)(C)O)c1.